The van der Waals surface area contributed by atoms with Gasteiger partial charge in [-0.2, -0.15) is 0 Å². The number of ketones is 1. The van der Waals surface area contributed by atoms with E-state index >= 15 is 0 Å². The second-order valence-corrected chi connectivity index (χ2v) is 5.72. The molecule has 0 bridgehead atoms. The van der Waals surface area contributed by atoms with Crippen LogP contribution >= 0.6 is 0 Å². The van der Waals surface area contributed by atoms with Crippen molar-refractivity contribution in [2.75, 3.05) is 33.4 Å². The fourth-order valence-corrected chi connectivity index (χ4v) is 2.28. The maximum absolute atomic E-state index is 12.4. The van der Waals surface area contributed by atoms with Crippen molar-refractivity contribution >= 4 is 17.7 Å². The number of methoxy groups -OCH3 is 1. The minimum Gasteiger partial charge on any atom is -0.466 e. The van der Waals surface area contributed by atoms with Crippen molar-refractivity contribution in [2.24, 2.45) is 0 Å². The van der Waals surface area contributed by atoms with E-state index in [1.165, 1.54) is 0 Å². The molecule has 0 spiro atoms. The van der Waals surface area contributed by atoms with E-state index in [2.05, 4.69) is 0 Å². The lowest BCUT2D eigenvalue weighted by atomic mass is 10.0. The molecule has 1 aromatic carbocycles. The van der Waals surface area contributed by atoms with Gasteiger partial charge in [0.15, 0.2) is 5.78 Å². The van der Waals surface area contributed by atoms with Gasteiger partial charge in [-0.1, -0.05) is 29.8 Å². The van der Waals surface area contributed by atoms with Gasteiger partial charge in [0.2, 0.25) is 5.91 Å². The van der Waals surface area contributed by atoms with Gasteiger partial charge < -0.3 is 14.4 Å². The molecule has 0 unspecified atom stereocenters. The molecule has 0 aromatic heterocycles. The topological polar surface area (TPSA) is 72.9 Å². The lowest BCUT2D eigenvalue weighted by molar-refractivity contribution is -0.144. The van der Waals surface area contributed by atoms with Crippen molar-refractivity contribution in [1.29, 1.82) is 0 Å². The maximum Gasteiger partial charge on any atom is 0.307 e. The fourth-order valence-electron chi connectivity index (χ4n) is 2.28. The molecule has 6 nitrogen and oxygen atoms in total. The van der Waals surface area contributed by atoms with Gasteiger partial charge in [0.05, 0.1) is 19.6 Å². The number of nitrogens with zero attached hydrogens (tertiary/aromatic N) is 1. The largest absolute Gasteiger partial charge is 0.466 e. The number of carbonyl (C=O) groups is 3. The van der Waals surface area contributed by atoms with Crippen LogP contribution in [0.4, 0.5) is 0 Å². The minimum absolute atomic E-state index is 0.0644. The van der Waals surface area contributed by atoms with Gasteiger partial charge in [-0.25, -0.2) is 0 Å². The van der Waals surface area contributed by atoms with Crippen LogP contribution in [0.25, 0.3) is 0 Å². The van der Waals surface area contributed by atoms with Crippen LogP contribution in [0.3, 0.4) is 0 Å². The van der Waals surface area contributed by atoms with Crippen LogP contribution < -0.4 is 0 Å². The average molecular weight is 349 g/mol. The first-order chi connectivity index (χ1) is 12.0. The third kappa shape index (κ3) is 7.94. The summed E-state index contributed by atoms with van der Waals surface area (Å²) in [7, 11) is 1.55. The first-order valence-electron chi connectivity index (χ1n) is 8.50. The summed E-state index contributed by atoms with van der Waals surface area (Å²) in [6.07, 6.45) is 0.388. The molecule has 0 fully saturated rings. The van der Waals surface area contributed by atoms with Gasteiger partial charge >= 0.3 is 5.97 Å². The predicted octanol–water partition coefficient (Wildman–Crippen LogP) is 2.39. The zero-order valence-electron chi connectivity index (χ0n) is 15.2. The summed E-state index contributed by atoms with van der Waals surface area (Å²) in [6, 6.07) is 7.29. The second kappa shape index (κ2) is 11.4. The minimum atomic E-state index is -0.339. The number of rotatable bonds is 11. The summed E-state index contributed by atoms with van der Waals surface area (Å²) in [5.41, 5.74) is 1.69. The van der Waals surface area contributed by atoms with E-state index in [9.17, 15) is 14.4 Å². The van der Waals surface area contributed by atoms with Crippen molar-refractivity contribution in [2.45, 2.75) is 33.1 Å². The Morgan fingerprint density at radius 2 is 1.68 bits per heavy atom. The molecule has 0 N–H and O–H groups in total. The average Bonchev–Trinajstić information content (AvgIpc) is 2.60. The highest BCUT2D eigenvalue weighted by molar-refractivity contribution is 5.98. The quantitative estimate of drug-likeness (QED) is 0.453. The molecule has 1 aromatic rings. The highest BCUT2D eigenvalue weighted by Gasteiger charge is 2.17. The van der Waals surface area contributed by atoms with Crippen LogP contribution in [0.5, 0.6) is 0 Å². The highest BCUT2D eigenvalue weighted by atomic mass is 16.5. The fraction of sp³-hybridized carbons (Fsp3) is 0.526. The Balaban J connectivity index is 2.53. The van der Waals surface area contributed by atoms with E-state index in [-0.39, 0.29) is 43.5 Å². The van der Waals surface area contributed by atoms with Crippen LogP contribution in [0, 0.1) is 6.92 Å². The number of benzene rings is 1. The molecular formula is C19H27NO5. The molecule has 1 amide bonds. The Labute approximate surface area is 149 Å². The van der Waals surface area contributed by atoms with Crippen molar-refractivity contribution in [3.63, 3.8) is 0 Å². The van der Waals surface area contributed by atoms with Crippen molar-refractivity contribution in [1.82, 2.24) is 4.90 Å². The second-order valence-electron chi connectivity index (χ2n) is 5.72. The van der Waals surface area contributed by atoms with Crippen molar-refractivity contribution < 1.29 is 23.9 Å². The summed E-state index contributed by atoms with van der Waals surface area (Å²) in [5, 5.41) is 0. The van der Waals surface area contributed by atoms with Crippen LogP contribution in [-0.4, -0.2) is 56.0 Å². The maximum atomic E-state index is 12.4. The van der Waals surface area contributed by atoms with E-state index < -0.39 is 0 Å². The molecule has 0 heterocycles. The standard InChI is InChI=1S/C19H27NO5/c1-4-25-19(23)11-12-20(13-14-24-3)18(22)10-9-17(21)16-7-5-15(2)6-8-16/h5-8H,4,9-14H2,1-3H3. The summed E-state index contributed by atoms with van der Waals surface area (Å²) in [4.78, 5) is 37.6. The molecule has 0 atom stereocenters. The Morgan fingerprint density at radius 1 is 1.00 bits per heavy atom. The normalized spacial score (nSPS) is 10.4. The number of hydrogen-bond acceptors (Lipinski definition) is 5. The molecule has 0 aliphatic carbocycles. The number of ether oxygens (including phenoxy) is 2. The van der Waals surface area contributed by atoms with Gasteiger partial charge in [-0.15, -0.1) is 0 Å². The first kappa shape index (κ1) is 20.8. The molecule has 0 aliphatic rings. The van der Waals surface area contributed by atoms with E-state index in [4.69, 9.17) is 9.47 Å². The molecule has 1 rings (SSSR count). The van der Waals surface area contributed by atoms with Crippen molar-refractivity contribution in [3.05, 3.63) is 35.4 Å². The molecule has 0 radical (unpaired) electrons. The van der Waals surface area contributed by atoms with Gasteiger partial charge in [-0.05, 0) is 13.8 Å². The third-order valence-corrected chi connectivity index (χ3v) is 3.75. The molecule has 25 heavy (non-hydrogen) atoms. The van der Waals surface area contributed by atoms with Crippen molar-refractivity contribution in [3.8, 4) is 0 Å². The zero-order chi connectivity index (χ0) is 18.7. The molecule has 0 aliphatic heterocycles. The van der Waals surface area contributed by atoms with Gasteiger partial charge in [0.1, 0.15) is 0 Å². The Bertz CT molecular complexity index is 568. The van der Waals surface area contributed by atoms with Crippen LogP contribution in [-0.2, 0) is 19.1 Å². The SMILES string of the molecule is CCOC(=O)CCN(CCOC)C(=O)CCC(=O)c1ccc(C)cc1. The Hall–Kier alpha value is -2.21. The molecule has 6 heteroatoms. The molecule has 0 saturated heterocycles. The summed E-state index contributed by atoms with van der Waals surface area (Å²) >= 11 is 0. The number of esters is 1. The molecular weight excluding hydrogens is 322 g/mol. The number of Topliss-reactive ketones (excluding diaryl/α,β-unsaturated/α-hetero) is 1. The number of aryl methyl sites for hydroxylation is 1. The van der Waals surface area contributed by atoms with Gasteiger partial charge in [0.25, 0.3) is 0 Å². The number of carbonyl (C=O) groups excluding carboxylic acids is 3. The van der Waals surface area contributed by atoms with E-state index in [1.54, 1.807) is 31.1 Å². The monoisotopic (exact) mass is 349 g/mol. The number of amides is 1. The molecule has 0 saturated carbocycles. The van der Waals surface area contributed by atoms with Crippen LogP contribution in [0.1, 0.15) is 42.1 Å². The summed E-state index contributed by atoms with van der Waals surface area (Å²) in [5.74, 6) is -0.569. The predicted molar refractivity (Wildman–Crippen MR) is 94.4 cm³/mol. The van der Waals surface area contributed by atoms with E-state index in [0.717, 1.165) is 5.56 Å². The summed E-state index contributed by atoms with van der Waals surface area (Å²) < 4.78 is 9.89. The first-order valence-corrected chi connectivity index (χ1v) is 8.50. The summed E-state index contributed by atoms with van der Waals surface area (Å²) in [6.45, 7) is 5.03. The lowest BCUT2D eigenvalue weighted by Crippen LogP contribution is -2.36. The van der Waals surface area contributed by atoms with Gasteiger partial charge in [0, 0.05) is 38.6 Å². The zero-order valence-corrected chi connectivity index (χ0v) is 15.2. The lowest BCUT2D eigenvalue weighted by Gasteiger charge is -2.22. The Morgan fingerprint density at radius 3 is 2.28 bits per heavy atom. The van der Waals surface area contributed by atoms with E-state index in [0.29, 0.717) is 25.3 Å². The Kier molecular flexibility index (Phi) is 9.47. The highest BCUT2D eigenvalue weighted by Crippen LogP contribution is 2.09. The van der Waals surface area contributed by atoms with Crippen LogP contribution in [0.2, 0.25) is 0 Å². The third-order valence-electron chi connectivity index (χ3n) is 3.75. The smallest absolute Gasteiger partial charge is 0.307 e. The number of hydrogen-bond donors (Lipinski definition) is 0. The van der Waals surface area contributed by atoms with Crippen LogP contribution in [0.15, 0.2) is 24.3 Å². The van der Waals surface area contributed by atoms with Gasteiger partial charge in [-0.3, -0.25) is 14.4 Å². The molecule has 138 valence electrons. The van der Waals surface area contributed by atoms with E-state index in [1.807, 2.05) is 19.1 Å².